The van der Waals surface area contributed by atoms with Crippen LogP contribution in [0.3, 0.4) is 0 Å². The van der Waals surface area contributed by atoms with Crippen molar-refractivity contribution in [1.82, 2.24) is 34.9 Å². The number of benzene rings is 11. The third-order valence-corrected chi connectivity index (χ3v) is 18.8. The van der Waals surface area contributed by atoms with Crippen molar-refractivity contribution in [1.29, 1.82) is 0 Å². The fraction of sp³-hybridized carbons (Fsp3) is 0.0288. The van der Waals surface area contributed by atoms with E-state index in [2.05, 4.69) is 195 Å². The molecule has 0 bridgehead atoms. The third kappa shape index (κ3) is 25.6. The van der Waals surface area contributed by atoms with Crippen LogP contribution in [0.5, 0.6) is 0 Å². The summed E-state index contributed by atoms with van der Waals surface area (Å²) >= 11 is 1.81. The van der Waals surface area contributed by atoms with Gasteiger partial charge < -0.3 is 34.9 Å². The summed E-state index contributed by atoms with van der Waals surface area (Å²) in [5, 5.41) is 2.61. The van der Waals surface area contributed by atoms with Gasteiger partial charge in [0.2, 0.25) is 0 Å². The molecule has 0 aliphatic rings. The molecule has 4 radical (unpaired) electrons. The van der Waals surface area contributed by atoms with Gasteiger partial charge in [-0.25, -0.2) is 0 Å². The van der Waals surface area contributed by atoms with Crippen LogP contribution in [-0.4, -0.2) is 34.9 Å². The number of aromatic nitrogens is 7. The summed E-state index contributed by atoms with van der Waals surface area (Å²) in [6.07, 6.45) is 13.0. The molecule has 19 rings (SSSR count). The second-order valence-corrected chi connectivity index (χ2v) is 26.6. The number of hydrogen-bond acceptors (Lipinski definition) is 8. The van der Waals surface area contributed by atoms with E-state index in [0.717, 1.165) is 78.8 Å². The number of nitrogens with zero attached hydrogens (tertiary/aromatic N) is 7. The van der Waals surface area contributed by atoms with Gasteiger partial charge >= 0.3 is 0 Å². The summed E-state index contributed by atoms with van der Waals surface area (Å²) in [4.78, 5) is 30.6. The van der Waals surface area contributed by atoms with E-state index in [1.165, 1.54) is 70.2 Å². The van der Waals surface area contributed by atoms with Crippen LogP contribution in [0.2, 0.25) is 0 Å². The van der Waals surface area contributed by atoms with Crippen molar-refractivity contribution >= 4 is 31.5 Å². The number of rotatable bonds is 10. The van der Waals surface area contributed by atoms with E-state index in [9.17, 15) is 0 Å². The topological polar surface area (TPSA) is 90.2 Å². The molecule has 0 fully saturated rings. The van der Waals surface area contributed by atoms with Gasteiger partial charge in [-0.3, -0.25) is 0 Å². The Morgan fingerprint density at radius 3 is 0.940 bits per heavy atom. The van der Waals surface area contributed by atoms with Crippen molar-refractivity contribution in [3.8, 4) is 112 Å². The predicted molar refractivity (Wildman–Crippen MR) is 463 cm³/mol. The van der Waals surface area contributed by atoms with Crippen LogP contribution >= 0.6 is 11.3 Å². The monoisotopic (exact) mass is 2230 g/mol. The van der Waals surface area contributed by atoms with Crippen LogP contribution in [0.25, 0.3) is 132 Å². The Morgan fingerprint density at radius 1 is 0.224 bits per heavy atom. The SMILES string of the molecule is Cc1cc(-c2[c-]cccc2)ncc1-c1ccccc1.Cc1cc(-c2[c-]cccc2)ncc1-c1ccccc1.Cc1ccnc(-c2[c-]cccc2)c1.[Ir].[Ir].[Ir].[Ir].[c-]1cc2sc3ccccc3c2cc1-c1ccccn1.[c-]1ccccc1-c1cc(-c2ccccc2)ccn1.[c-]1ccccc1-c1ccccn1.[c-]1ccccc1-c1ccccn1. The van der Waals surface area contributed by atoms with Crippen molar-refractivity contribution in [3.63, 3.8) is 0 Å². The molecule has 0 amide bonds. The second kappa shape index (κ2) is 47.2. The van der Waals surface area contributed by atoms with Gasteiger partial charge in [-0.15, -0.1) is 239 Å². The summed E-state index contributed by atoms with van der Waals surface area (Å²) in [5.41, 5.74) is 24.9. The number of aryl methyl sites for hydroxylation is 3. The van der Waals surface area contributed by atoms with Crippen LogP contribution in [0.4, 0.5) is 0 Å². The molecular weight excluding hydrogens is 2150 g/mol. The molecule has 0 aliphatic carbocycles. The van der Waals surface area contributed by atoms with Crippen molar-refractivity contribution in [3.05, 3.63) is 467 Å². The first-order valence-corrected chi connectivity index (χ1v) is 37.5. The zero-order chi connectivity index (χ0) is 76.6. The minimum atomic E-state index is 0. The summed E-state index contributed by atoms with van der Waals surface area (Å²) in [6.45, 7) is 6.31. The van der Waals surface area contributed by atoms with Crippen molar-refractivity contribution in [2.75, 3.05) is 0 Å². The Kier molecular flexibility index (Phi) is 35.9. The van der Waals surface area contributed by atoms with Gasteiger partial charge in [0.25, 0.3) is 0 Å². The smallest absolute Gasteiger partial charge is 0.0242 e. The fourth-order valence-electron chi connectivity index (χ4n) is 12.0. The predicted octanol–water partition coefficient (Wildman–Crippen LogP) is 26.1. The van der Waals surface area contributed by atoms with Crippen LogP contribution in [-0.2, 0) is 80.4 Å². The zero-order valence-electron chi connectivity index (χ0n) is 63.6. The van der Waals surface area contributed by atoms with E-state index < -0.39 is 0 Å². The summed E-state index contributed by atoms with van der Waals surface area (Å²) in [6, 6.07) is 144. The molecule has 8 heterocycles. The molecule has 0 saturated carbocycles. The van der Waals surface area contributed by atoms with Crippen molar-refractivity contribution in [2.24, 2.45) is 0 Å². The van der Waals surface area contributed by atoms with Crippen LogP contribution in [0, 0.1) is 63.2 Å². The van der Waals surface area contributed by atoms with Crippen molar-refractivity contribution < 1.29 is 80.4 Å². The maximum atomic E-state index is 4.55. The normalized spacial score (nSPS) is 9.92. The summed E-state index contributed by atoms with van der Waals surface area (Å²) < 4.78 is 2.60. The van der Waals surface area contributed by atoms with E-state index in [1.807, 2.05) is 309 Å². The van der Waals surface area contributed by atoms with Crippen LogP contribution < -0.4 is 0 Å². The molecule has 7 nitrogen and oxygen atoms in total. The minimum absolute atomic E-state index is 0. The maximum Gasteiger partial charge on any atom is 0.0242 e. The molecule has 0 N–H and O–H groups in total. The molecule has 0 saturated heterocycles. The van der Waals surface area contributed by atoms with Gasteiger partial charge in [-0.1, -0.05) is 181 Å². The average Bonchev–Trinajstić information content (AvgIpc) is 1.63. The molecule has 8 aromatic heterocycles. The van der Waals surface area contributed by atoms with E-state index >= 15 is 0 Å². The first kappa shape index (κ1) is 88.2. The number of fused-ring (bicyclic) bond motifs is 3. The van der Waals surface area contributed by atoms with Gasteiger partial charge in [-0.05, 0) is 140 Å². The summed E-state index contributed by atoms with van der Waals surface area (Å²) in [5.74, 6) is 0. The van der Waals surface area contributed by atoms with E-state index in [0.29, 0.717) is 0 Å². The molecule has 0 spiro atoms. The molecular formula is C104H76Ir4N7S-7. The standard InChI is InChI=1S/2C18H14N.C17H10NS.C17H12N.C12H10N.2C11H8N.4Ir/c2*1-14-12-18(16-10-6-3-7-11-16)19-13-17(14)15-8-4-2-5-9-15;1-2-7-16-13(5-1)14-11-12(8-9-17(14)19-16)15-6-3-4-10-18-15;1-3-7-14(8-4-1)16-11-12-18-17(13-16)15-9-5-2-6-10-15;1-10-7-8-13-12(9-10)11-5-3-2-4-6-11;2*1-2-6-10(7-3-1)11-8-4-5-9-12-11;;;;/h2*2-10,12-13H,1H3;1-7,9-11H;1-9,11-13H;2-5,7-9H,1H3;2*1-6,8-9H;;;;/q7*-1;;;;. The van der Waals surface area contributed by atoms with Gasteiger partial charge in [0.15, 0.2) is 0 Å². The Bertz CT molecular complexity index is 5670. The molecule has 576 valence electrons. The fourth-order valence-corrected chi connectivity index (χ4v) is 13.1. The second-order valence-electron chi connectivity index (χ2n) is 25.5. The Hall–Kier alpha value is -11.7. The number of hydrogen-bond donors (Lipinski definition) is 0. The molecule has 12 heteroatoms. The molecule has 19 aromatic rings. The molecule has 0 aliphatic heterocycles. The van der Waals surface area contributed by atoms with E-state index in [-0.39, 0.29) is 80.4 Å². The maximum absolute atomic E-state index is 4.55. The van der Waals surface area contributed by atoms with Crippen LogP contribution in [0.1, 0.15) is 16.7 Å². The molecule has 116 heavy (non-hydrogen) atoms. The Labute approximate surface area is 739 Å². The molecule has 0 unspecified atom stereocenters. The average molecular weight is 2220 g/mol. The Morgan fingerprint density at radius 2 is 0.560 bits per heavy atom. The largest absolute Gasteiger partial charge is 0.305 e. The van der Waals surface area contributed by atoms with Gasteiger partial charge in [-0.2, -0.15) is 11.3 Å². The Balaban J connectivity index is 0.000000155. The first-order valence-electron chi connectivity index (χ1n) is 36.7. The van der Waals surface area contributed by atoms with E-state index in [1.54, 1.807) is 12.4 Å². The molecule has 11 aromatic carbocycles. The van der Waals surface area contributed by atoms with E-state index in [4.69, 9.17) is 0 Å². The first-order chi connectivity index (χ1) is 55.3. The number of pyridine rings is 7. The summed E-state index contributed by atoms with van der Waals surface area (Å²) in [7, 11) is 0. The quantitative estimate of drug-likeness (QED) is 0.126. The minimum Gasteiger partial charge on any atom is -0.305 e. The zero-order valence-corrected chi connectivity index (χ0v) is 74.0. The van der Waals surface area contributed by atoms with Crippen molar-refractivity contribution in [2.45, 2.75) is 20.8 Å². The van der Waals surface area contributed by atoms with Gasteiger partial charge in [0, 0.05) is 140 Å². The number of thiophene rings is 1. The van der Waals surface area contributed by atoms with Gasteiger partial charge in [0.05, 0.1) is 0 Å². The molecule has 0 atom stereocenters. The van der Waals surface area contributed by atoms with Crippen LogP contribution in [0.15, 0.2) is 407 Å². The third-order valence-electron chi connectivity index (χ3n) is 17.7. The van der Waals surface area contributed by atoms with Gasteiger partial charge in [0.1, 0.15) is 0 Å².